The zero-order chi connectivity index (χ0) is 13.8. The van der Waals surface area contributed by atoms with Gasteiger partial charge in [-0.15, -0.1) is 0 Å². The van der Waals surface area contributed by atoms with Gasteiger partial charge in [-0.1, -0.05) is 6.92 Å². The van der Waals surface area contributed by atoms with E-state index in [4.69, 9.17) is 4.74 Å². The molecule has 0 aliphatic carbocycles. The van der Waals surface area contributed by atoms with Gasteiger partial charge < -0.3 is 9.30 Å². The molecule has 0 spiro atoms. The molecule has 4 heteroatoms. The lowest BCUT2D eigenvalue weighted by molar-refractivity contribution is 0.0982. The van der Waals surface area contributed by atoms with Gasteiger partial charge in [0.1, 0.15) is 12.4 Å². The zero-order valence-electron chi connectivity index (χ0n) is 11.8. The number of benzene rings is 1. The summed E-state index contributed by atoms with van der Waals surface area (Å²) < 4.78 is 7.41. The van der Waals surface area contributed by atoms with E-state index in [0.29, 0.717) is 19.6 Å². The van der Waals surface area contributed by atoms with Crippen molar-refractivity contribution in [3.63, 3.8) is 0 Å². The molecule has 1 heterocycles. The molecule has 19 heavy (non-hydrogen) atoms. The van der Waals surface area contributed by atoms with Crippen LogP contribution in [0.25, 0.3) is 11.0 Å². The van der Waals surface area contributed by atoms with Crippen molar-refractivity contribution >= 4 is 16.8 Å². The summed E-state index contributed by atoms with van der Waals surface area (Å²) >= 11 is 0. The molecule has 0 aliphatic heterocycles. The smallest absolute Gasteiger partial charge is 0.162 e. The van der Waals surface area contributed by atoms with Crippen LogP contribution in [-0.2, 0) is 18.4 Å². The van der Waals surface area contributed by atoms with E-state index in [1.807, 2.05) is 43.7 Å². The van der Waals surface area contributed by atoms with Gasteiger partial charge in [-0.2, -0.15) is 0 Å². The van der Waals surface area contributed by atoms with E-state index < -0.39 is 0 Å². The lowest BCUT2D eigenvalue weighted by Gasteiger charge is -2.02. The standard InChI is InChI=1S/C15H20N2O2/c1-4-6-14(18)11-7-8-13-12(9-11)16-15(17(13)3)10-19-5-2/h7-9H,4-6,10H2,1-3H3. The number of hydrogen-bond donors (Lipinski definition) is 0. The molecule has 2 rings (SSSR count). The highest BCUT2D eigenvalue weighted by molar-refractivity contribution is 5.98. The molecule has 0 atom stereocenters. The quantitative estimate of drug-likeness (QED) is 0.750. The highest BCUT2D eigenvalue weighted by Gasteiger charge is 2.11. The second-order valence-electron chi connectivity index (χ2n) is 4.60. The summed E-state index contributed by atoms with van der Waals surface area (Å²) in [5.74, 6) is 1.07. The molecule has 0 radical (unpaired) electrons. The summed E-state index contributed by atoms with van der Waals surface area (Å²) in [7, 11) is 1.97. The van der Waals surface area contributed by atoms with Gasteiger partial charge >= 0.3 is 0 Å². The summed E-state index contributed by atoms with van der Waals surface area (Å²) in [6.45, 7) is 5.14. The van der Waals surface area contributed by atoms with Crippen LogP contribution >= 0.6 is 0 Å². The van der Waals surface area contributed by atoms with Gasteiger partial charge in [-0.3, -0.25) is 4.79 Å². The normalized spacial score (nSPS) is 11.1. The van der Waals surface area contributed by atoms with Crippen LogP contribution < -0.4 is 0 Å². The first-order chi connectivity index (χ1) is 9.17. The maximum absolute atomic E-state index is 11.9. The molecule has 0 amide bonds. The summed E-state index contributed by atoms with van der Waals surface area (Å²) in [4.78, 5) is 16.4. The van der Waals surface area contributed by atoms with Gasteiger partial charge in [0.05, 0.1) is 11.0 Å². The second kappa shape index (κ2) is 5.97. The van der Waals surface area contributed by atoms with Crippen LogP contribution in [0.2, 0.25) is 0 Å². The molecule has 0 fully saturated rings. The Hall–Kier alpha value is -1.68. The number of rotatable bonds is 6. The molecule has 0 bridgehead atoms. The Kier molecular flexibility index (Phi) is 4.32. The molecule has 2 aromatic rings. The Labute approximate surface area is 113 Å². The highest BCUT2D eigenvalue weighted by Crippen LogP contribution is 2.18. The number of aryl methyl sites for hydroxylation is 1. The average Bonchev–Trinajstić information content (AvgIpc) is 2.73. The van der Waals surface area contributed by atoms with Gasteiger partial charge in [-0.05, 0) is 31.5 Å². The zero-order valence-corrected chi connectivity index (χ0v) is 11.8. The minimum absolute atomic E-state index is 0.182. The van der Waals surface area contributed by atoms with Crippen molar-refractivity contribution in [3.8, 4) is 0 Å². The first-order valence-corrected chi connectivity index (χ1v) is 6.73. The largest absolute Gasteiger partial charge is 0.374 e. The van der Waals surface area contributed by atoms with E-state index in [2.05, 4.69) is 4.98 Å². The number of fused-ring (bicyclic) bond motifs is 1. The molecule has 4 nitrogen and oxygen atoms in total. The fraction of sp³-hybridized carbons (Fsp3) is 0.467. The van der Waals surface area contributed by atoms with Crippen LogP contribution in [0.15, 0.2) is 18.2 Å². The second-order valence-corrected chi connectivity index (χ2v) is 4.60. The van der Waals surface area contributed by atoms with Gasteiger partial charge in [-0.25, -0.2) is 4.98 Å². The maximum Gasteiger partial charge on any atom is 0.162 e. The number of Topliss-reactive ketones (excluding diaryl/α,β-unsaturated/α-hetero) is 1. The third kappa shape index (κ3) is 2.84. The lowest BCUT2D eigenvalue weighted by atomic mass is 10.1. The summed E-state index contributed by atoms with van der Waals surface area (Å²) in [6.07, 6.45) is 1.46. The van der Waals surface area contributed by atoms with Crippen LogP contribution in [0, 0.1) is 0 Å². The Bertz CT molecular complexity index is 587. The van der Waals surface area contributed by atoms with Crippen molar-refractivity contribution in [3.05, 3.63) is 29.6 Å². The third-order valence-corrected chi connectivity index (χ3v) is 3.21. The first kappa shape index (κ1) is 13.7. The highest BCUT2D eigenvalue weighted by atomic mass is 16.5. The topological polar surface area (TPSA) is 44.1 Å². The van der Waals surface area contributed by atoms with Crippen LogP contribution in [0.5, 0.6) is 0 Å². The minimum atomic E-state index is 0.182. The molecular formula is C15H20N2O2. The number of carbonyl (C=O) groups excluding carboxylic acids is 1. The van der Waals surface area contributed by atoms with Crippen molar-refractivity contribution < 1.29 is 9.53 Å². The van der Waals surface area contributed by atoms with E-state index >= 15 is 0 Å². The summed E-state index contributed by atoms with van der Waals surface area (Å²) in [6, 6.07) is 5.72. The summed E-state index contributed by atoms with van der Waals surface area (Å²) in [5.41, 5.74) is 2.64. The predicted octanol–water partition coefficient (Wildman–Crippen LogP) is 3.09. The molecule has 0 unspecified atom stereocenters. The van der Waals surface area contributed by atoms with E-state index in [0.717, 1.165) is 28.8 Å². The van der Waals surface area contributed by atoms with E-state index in [1.165, 1.54) is 0 Å². The number of ketones is 1. The molecular weight excluding hydrogens is 240 g/mol. The predicted molar refractivity (Wildman–Crippen MR) is 75.3 cm³/mol. The summed E-state index contributed by atoms with van der Waals surface area (Å²) in [5, 5.41) is 0. The average molecular weight is 260 g/mol. The number of nitrogens with zero attached hydrogens (tertiary/aromatic N) is 2. The van der Waals surface area contributed by atoms with E-state index in [-0.39, 0.29) is 5.78 Å². The van der Waals surface area contributed by atoms with Crippen LogP contribution in [0.4, 0.5) is 0 Å². The number of imidazole rings is 1. The number of carbonyl (C=O) groups is 1. The fourth-order valence-corrected chi connectivity index (χ4v) is 2.12. The monoisotopic (exact) mass is 260 g/mol. The molecule has 0 aliphatic rings. The minimum Gasteiger partial charge on any atom is -0.374 e. The van der Waals surface area contributed by atoms with Gasteiger partial charge in [0.2, 0.25) is 0 Å². The SMILES string of the molecule is CCCC(=O)c1ccc2c(c1)nc(COCC)n2C. The Morgan fingerprint density at radius 3 is 2.84 bits per heavy atom. The maximum atomic E-state index is 11.9. The van der Waals surface area contributed by atoms with Gasteiger partial charge in [0.15, 0.2) is 5.78 Å². The lowest BCUT2D eigenvalue weighted by Crippen LogP contribution is -2.00. The van der Waals surface area contributed by atoms with E-state index in [9.17, 15) is 4.79 Å². The first-order valence-electron chi connectivity index (χ1n) is 6.73. The molecule has 0 saturated carbocycles. The molecule has 102 valence electrons. The van der Waals surface area contributed by atoms with Crippen LogP contribution in [-0.4, -0.2) is 21.9 Å². The number of aromatic nitrogens is 2. The Morgan fingerprint density at radius 2 is 2.16 bits per heavy atom. The van der Waals surface area contributed by atoms with Crippen LogP contribution in [0.1, 0.15) is 42.9 Å². The van der Waals surface area contributed by atoms with Gasteiger partial charge in [0, 0.05) is 25.6 Å². The Morgan fingerprint density at radius 1 is 1.37 bits per heavy atom. The number of hydrogen-bond acceptors (Lipinski definition) is 3. The van der Waals surface area contributed by atoms with Crippen molar-refractivity contribution in [1.82, 2.24) is 9.55 Å². The fourth-order valence-electron chi connectivity index (χ4n) is 2.12. The van der Waals surface area contributed by atoms with Crippen molar-refractivity contribution in [2.45, 2.75) is 33.3 Å². The van der Waals surface area contributed by atoms with Crippen molar-refractivity contribution in [2.75, 3.05) is 6.61 Å². The Balaban J connectivity index is 2.35. The molecule has 1 aromatic heterocycles. The molecule has 0 saturated heterocycles. The molecule has 0 N–H and O–H groups in total. The van der Waals surface area contributed by atoms with Gasteiger partial charge in [0.25, 0.3) is 0 Å². The van der Waals surface area contributed by atoms with Crippen molar-refractivity contribution in [2.24, 2.45) is 7.05 Å². The third-order valence-electron chi connectivity index (χ3n) is 3.21. The molecule has 1 aromatic carbocycles. The van der Waals surface area contributed by atoms with Crippen LogP contribution in [0.3, 0.4) is 0 Å². The number of ether oxygens (including phenoxy) is 1. The van der Waals surface area contributed by atoms with E-state index in [1.54, 1.807) is 0 Å². The van der Waals surface area contributed by atoms with Crippen molar-refractivity contribution in [1.29, 1.82) is 0 Å².